The van der Waals surface area contributed by atoms with Gasteiger partial charge in [0.05, 0.1) is 23.2 Å². The van der Waals surface area contributed by atoms with Gasteiger partial charge in [0.15, 0.2) is 23.7 Å². The molecule has 2 amide bonds. The van der Waals surface area contributed by atoms with E-state index in [0.29, 0.717) is 27.8 Å². The molecule has 0 bridgehead atoms. The predicted molar refractivity (Wildman–Crippen MR) is 110 cm³/mol. The van der Waals surface area contributed by atoms with Gasteiger partial charge in [-0.1, -0.05) is 29.8 Å². The summed E-state index contributed by atoms with van der Waals surface area (Å²) in [7, 11) is 0. The topological polar surface area (TPSA) is 132 Å². The van der Waals surface area contributed by atoms with Gasteiger partial charge in [0.25, 0.3) is 11.8 Å². The normalized spacial score (nSPS) is 19.9. The van der Waals surface area contributed by atoms with Gasteiger partial charge < -0.3 is 34.7 Å². The monoisotopic (exact) mass is 462 g/mol. The lowest BCUT2D eigenvalue weighted by molar-refractivity contribution is -0.139. The number of carbonyl (C=O) groups is 3. The van der Waals surface area contributed by atoms with E-state index in [4.69, 9.17) is 30.5 Å². The minimum atomic E-state index is -1.28. The van der Waals surface area contributed by atoms with E-state index in [0.717, 1.165) is 0 Å². The summed E-state index contributed by atoms with van der Waals surface area (Å²) in [6, 6.07) is 10.6. The van der Waals surface area contributed by atoms with Gasteiger partial charge in [-0.25, -0.2) is 0 Å². The Kier molecular flexibility index (Phi) is 6.45. The van der Waals surface area contributed by atoms with Gasteiger partial charge in [-0.2, -0.15) is 0 Å². The molecule has 1 unspecified atom stereocenters. The number of benzene rings is 2. The molecule has 11 heteroatoms. The van der Waals surface area contributed by atoms with Crippen molar-refractivity contribution in [3.63, 3.8) is 0 Å². The zero-order valence-electron chi connectivity index (χ0n) is 16.6. The van der Waals surface area contributed by atoms with E-state index in [1.165, 1.54) is 0 Å². The Morgan fingerprint density at radius 3 is 2.47 bits per heavy atom. The lowest BCUT2D eigenvalue weighted by atomic mass is 10.0. The number of amides is 2. The zero-order valence-corrected chi connectivity index (χ0v) is 17.3. The number of ether oxygens (including phenoxy) is 4. The molecule has 2 aliphatic heterocycles. The number of halogens is 1. The molecule has 32 heavy (non-hydrogen) atoms. The van der Waals surface area contributed by atoms with E-state index in [9.17, 15) is 19.5 Å². The molecular formula is C21H19ClN2O8. The van der Waals surface area contributed by atoms with Crippen LogP contribution in [0.5, 0.6) is 11.5 Å². The Balaban J connectivity index is 1.48. The number of fused-ring (bicyclic) bond motifs is 1. The van der Waals surface area contributed by atoms with Crippen LogP contribution in [0.4, 0.5) is 5.69 Å². The van der Waals surface area contributed by atoms with Gasteiger partial charge in [-0.3, -0.25) is 14.4 Å². The second kappa shape index (κ2) is 9.43. The molecule has 4 rings (SSSR count). The molecule has 0 saturated carbocycles. The van der Waals surface area contributed by atoms with Crippen molar-refractivity contribution in [2.45, 2.75) is 24.7 Å². The van der Waals surface area contributed by atoms with Crippen LogP contribution in [0.15, 0.2) is 42.5 Å². The summed E-state index contributed by atoms with van der Waals surface area (Å²) in [5.74, 6) is -1.45. The number of carboxylic acid groups (broad SMARTS) is 1. The average Bonchev–Trinajstić information content (AvgIpc) is 3.43. The first kappa shape index (κ1) is 21.9. The third kappa shape index (κ3) is 4.77. The molecule has 10 nitrogen and oxygen atoms in total. The third-order valence-electron chi connectivity index (χ3n) is 4.91. The molecule has 168 valence electrons. The van der Waals surface area contributed by atoms with Gasteiger partial charge in [-0.15, -0.1) is 0 Å². The van der Waals surface area contributed by atoms with E-state index < -0.39 is 42.5 Å². The van der Waals surface area contributed by atoms with Gasteiger partial charge >= 0.3 is 5.97 Å². The quantitative estimate of drug-likeness (QED) is 0.569. The van der Waals surface area contributed by atoms with Crippen molar-refractivity contribution in [1.82, 2.24) is 5.32 Å². The highest BCUT2D eigenvalue weighted by atomic mass is 35.5. The highest BCUT2D eigenvalue weighted by Crippen LogP contribution is 2.35. The van der Waals surface area contributed by atoms with Crippen molar-refractivity contribution in [2.75, 3.05) is 18.9 Å². The smallest absolute Gasteiger partial charge is 0.305 e. The van der Waals surface area contributed by atoms with Crippen LogP contribution >= 0.6 is 11.6 Å². The van der Waals surface area contributed by atoms with Crippen LogP contribution < -0.4 is 20.1 Å². The maximum Gasteiger partial charge on any atom is 0.305 e. The average molecular weight is 463 g/mol. The number of para-hydroxylation sites is 1. The van der Waals surface area contributed by atoms with Crippen molar-refractivity contribution < 1.29 is 38.4 Å². The number of carbonyl (C=O) groups excluding carboxylic acids is 2. The first-order valence-corrected chi connectivity index (χ1v) is 10.0. The summed E-state index contributed by atoms with van der Waals surface area (Å²) in [6.07, 6.45) is -2.91. The number of aliphatic carboxylic acids is 1. The maximum atomic E-state index is 12.9. The Hall–Kier alpha value is -3.34. The van der Waals surface area contributed by atoms with Crippen LogP contribution in [0.3, 0.4) is 0 Å². The van der Waals surface area contributed by atoms with Crippen LogP contribution in [0.2, 0.25) is 5.02 Å². The van der Waals surface area contributed by atoms with Crippen LogP contribution in [-0.4, -0.2) is 48.7 Å². The molecule has 3 N–H and O–H groups in total. The summed E-state index contributed by atoms with van der Waals surface area (Å²) in [6.45, 7) is -0.212. The molecular weight excluding hydrogens is 444 g/mol. The predicted octanol–water partition coefficient (Wildman–Crippen LogP) is 2.08. The molecule has 2 heterocycles. The molecule has 0 radical (unpaired) electrons. The fourth-order valence-electron chi connectivity index (χ4n) is 3.36. The minimum absolute atomic E-state index is 0.0597. The van der Waals surface area contributed by atoms with E-state index in [1.807, 2.05) is 0 Å². The molecule has 2 aromatic rings. The molecule has 1 fully saturated rings. The number of anilines is 1. The van der Waals surface area contributed by atoms with E-state index in [2.05, 4.69) is 10.6 Å². The number of carboxylic acids is 1. The second-order valence-electron chi connectivity index (χ2n) is 7.03. The van der Waals surface area contributed by atoms with E-state index in [1.54, 1.807) is 42.5 Å². The highest BCUT2D eigenvalue weighted by Gasteiger charge is 2.41. The fourth-order valence-corrected chi connectivity index (χ4v) is 3.55. The van der Waals surface area contributed by atoms with Crippen molar-refractivity contribution in [3.05, 3.63) is 53.1 Å². The maximum absolute atomic E-state index is 12.9. The number of hydrogen-bond acceptors (Lipinski definition) is 7. The number of hydrogen-bond donors (Lipinski definition) is 3. The number of nitrogens with one attached hydrogen (secondary N) is 2. The van der Waals surface area contributed by atoms with Crippen molar-refractivity contribution in [3.8, 4) is 11.5 Å². The Morgan fingerprint density at radius 1 is 1.00 bits per heavy atom. The Bertz CT molecular complexity index is 1050. The summed E-state index contributed by atoms with van der Waals surface area (Å²) in [4.78, 5) is 37.0. The summed E-state index contributed by atoms with van der Waals surface area (Å²) in [5, 5.41) is 14.9. The van der Waals surface area contributed by atoms with Crippen LogP contribution in [0.25, 0.3) is 0 Å². The van der Waals surface area contributed by atoms with E-state index >= 15 is 0 Å². The molecule has 0 spiro atoms. The van der Waals surface area contributed by atoms with Gasteiger partial charge in [-0.05, 0) is 29.8 Å². The van der Waals surface area contributed by atoms with Crippen LogP contribution in [-0.2, 0) is 23.9 Å². The first-order valence-electron chi connectivity index (χ1n) is 9.62. The van der Waals surface area contributed by atoms with Crippen LogP contribution in [0.1, 0.15) is 18.0 Å². The lowest BCUT2D eigenvalue weighted by Gasteiger charge is -2.22. The highest BCUT2D eigenvalue weighted by molar-refractivity contribution is 6.33. The minimum Gasteiger partial charge on any atom is -0.481 e. The van der Waals surface area contributed by atoms with Gasteiger partial charge in [0.2, 0.25) is 6.79 Å². The fraction of sp³-hybridized carbons (Fsp3) is 0.286. The second-order valence-corrected chi connectivity index (χ2v) is 7.44. The molecule has 2 aromatic carbocycles. The van der Waals surface area contributed by atoms with Crippen molar-refractivity contribution >= 4 is 35.1 Å². The van der Waals surface area contributed by atoms with Crippen molar-refractivity contribution in [2.24, 2.45) is 0 Å². The number of rotatable bonds is 7. The summed E-state index contributed by atoms with van der Waals surface area (Å²) < 4.78 is 21.2. The molecule has 0 aromatic heterocycles. The zero-order chi connectivity index (χ0) is 22.7. The molecule has 0 aliphatic carbocycles. The van der Waals surface area contributed by atoms with E-state index in [-0.39, 0.29) is 13.6 Å². The molecule has 3 atom stereocenters. The first-order chi connectivity index (χ1) is 15.4. The SMILES string of the molecule is O=C(O)CC(NC(=O)[C@@H]1OCO[C@H]1C(=O)Nc1ccccc1Cl)c1ccc2c(c1)OCO2. The van der Waals surface area contributed by atoms with Crippen molar-refractivity contribution in [1.29, 1.82) is 0 Å². The lowest BCUT2D eigenvalue weighted by Crippen LogP contribution is -2.47. The largest absolute Gasteiger partial charge is 0.481 e. The third-order valence-corrected chi connectivity index (χ3v) is 5.24. The molecule has 1 saturated heterocycles. The Morgan fingerprint density at radius 2 is 1.72 bits per heavy atom. The van der Waals surface area contributed by atoms with Gasteiger partial charge in [0.1, 0.15) is 6.79 Å². The van der Waals surface area contributed by atoms with Crippen LogP contribution in [0, 0.1) is 0 Å². The van der Waals surface area contributed by atoms with Gasteiger partial charge in [0, 0.05) is 0 Å². The Labute approximate surface area is 187 Å². The summed E-state index contributed by atoms with van der Waals surface area (Å²) in [5.41, 5.74) is 0.860. The molecule has 2 aliphatic rings. The summed E-state index contributed by atoms with van der Waals surface area (Å²) >= 11 is 6.06. The standard InChI is InChI=1S/C21H19ClN2O8/c22-12-3-1-2-4-13(12)23-20(27)18-19(32-10-31-18)21(28)24-14(8-17(25)26)11-5-6-15-16(7-11)30-9-29-15/h1-7,14,18-19H,8-10H2,(H,23,27)(H,24,28)(H,25,26)/t14?,18-,19-/m1/s1.